The van der Waals surface area contributed by atoms with Gasteiger partial charge in [0.1, 0.15) is 6.10 Å². The van der Waals surface area contributed by atoms with Gasteiger partial charge in [0.15, 0.2) is 0 Å². The Hall–Kier alpha value is -1.08. The molecule has 0 bridgehead atoms. The van der Waals surface area contributed by atoms with Gasteiger partial charge in [0, 0.05) is 19.3 Å². The summed E-state index contributed by atoms with van der Waals surface area (Å²) in [5.74, 6) is 0.491. The molecule has 0 aliphatic carbocycles. The minimum absolute atomic E-state index is 0.294. The number of carbonyl (C=O) groups is 1. The smallest absolute Gasteiger partial charge is 0.248 e. The number of rotatable bonds is 8. The van der Waals surface area contributed by atoms with Gasteiger partial charge in [0.2, 0.25) is 5.91 Å². The summed E-state index contributed by atoms with van der Waals surface area (Å²) in [7, 11) is 0. The second-order valence-corrected chi connectivity index (χ2v) is 4.59. The van der Waals surface area contributed by atoms with Crippen LogP contribution in [-0.2, 0) is 11.3 Å². The largest absolute Gasteiger partial charge is 0.383 e. The molecule has 1 amide bonds. The van der Waals surface area contributed by atoms with Gasteiger partial charge in [0.05, 0.1) is 6.20 Å². The van der Waals surface area contributed by atoms with E-state index in [0.29, 0.717) is 19.5 Å². The number of amides is 1. The molecule has 0 unspecified atom stereocenters. The van der Waals surface area contributed by atoms with E-state index < -0.39 is 6.10 Å². The zero-order chi connectivity index (χ0) is 12.5. The molecular formula is C10H18N4O2S. The second kappa shape index (κ2) is 8.08. The zero-order valence-corrected chi connectivity index (χ0v) is 10.7. The normalized spacial score (nSPS) is 12.4. The van der Waals surface area contributed by atoms with Crippen LogP contribution in [0.2, 0.25) is 0 Å². The number of aliphatic hydroxyl groups is 1. The topological polar surface area (TPSA) is 80.0 Å². The van der Waals surface area contributed by atoms with E-state index in [0.717, 1.165) is 12.2 Å². The van der Waals surface area contributed by atoms with Gasteiger partial charge in [-0.05, 0) is 24.9 Å². The van der Waals surface area contributed by atoms with Crippen LogP contribution in [0.5, 0.6) is 0 Å². The summed E-state index contributed by atoms with van der Waals surface area (Å²) in [6, 6.07) is 0. The number of hydrogen-bond acceptors (Lipinski definition) is 5. The van der Waals surface area contributed by atoms with E-state index >= 15 is 0 Å². The van der Waals surface area contributed by atoms with Crippen molar-refractivity contribution >= 4 is 17.7 Å². The summed E-state index contributed by atoms with van der Waals surface area (Å²) in [6.45, 7) is 1.25. The maximum absolute atomic E-state index is 11.4. The Morgan fingerprint density at radius 3 is 3.12 bits per heavy atom. The third-order valence-corrected chi connectivity index (χ3v) is 2.88. The Balaban J connectivity index is 2.07. The molecule has 1 aromatic rings. The molecule has 0 saturated heterocycles. The van der Waals surface area contributed by atoms with Crippen molar-refractivity contribution in [1.82, 2.24) is 20.3 Å². The van der Waals surface area contributed by atoms with Gasteiger partial charge in [-0.1, -0.05) is 5.21 Å². The highest BCUT2D eigenvalue weighted by atomic mass is 32.2. The van der Waals surface area contributed by atoms with Crippen molar-refractivity contribution in [2.45, 2.75) is 25.5 Å². The van der Waals surface area contributed by atoms with Crippen molar-refractivity contribution in [2.75, 3.05) is 18.6 Å². The molecule has 6 nitrogen and oxygen atoms in total. The van der Waals surface area contributed by atoms with Gasteiger partial charge in [-0.25, -0.2) is 0 Å². The molecule has 1 atom stereocenters. The van der Waals surface area contributed by atoms with Crippen LogP contribution in [0, 0.1) is 0 Å². The van der Waals surface area contributed by atoms with Gasteiger partial charge in [-0.15, -0.1) is 5.10 Å². The van der Waals surface area contributed by atoms with Crippen molar-refractivity contribution in [1.29, 1.82) is 0 Å². The summed E-state index contributed by atoms with van der Waals surface area (Å²) >= 11 is 1.62. The predicted molar refractivity (Wildman–Crippen MR) is 66.7 cm³/mol. The summed E-state index contributed by atoms with van der Waals surface area (Å²) in [6.07, 6.45) is 5.71. The fourth-order valence-corrected chi connectivity index (χ4v) is 1.74. The van der Waals surface area contributed by atoms with E-state index in [2.05, 4.69) is 15.6 Å². The molecule has 0 aliphatic heterocycles. The Morgan fingerprint density at radius 2 is 2.47 bits per heavy atom. The number of nitrogens with one attached hydrogen (secondary N) is 1. The van der Waals surface area contributed by atoms with E-state index in [9.17, 15) is 9.90 Å². The van der Waals surface area contributed by atoms with E-state index in [1.807, 2.05) is 6.26 Å². The van der Waals surface area contributed by atoms with Gasteiger partial charge >= 0.3 is 0 Å². The van der Waals surface area contributed by atoms with E-state index in [1.165, 1.54) is 0 Å². The summed E-state index contributed by atoms with van der Waals surface area (Å²) in [4.78, 5) is 11.4. The minimum atomic E-state index is -0.895. The fourth-order valence-electron chi connectivity index (χ4n) is 1.28. The number of aryl methyl sites for hydroxylation is 1. The number of hydrogen-bond donors (Lipinski definition) is 2. The third kappa shape index (κ3) is 5.69. The van der Waals surface area contributed by atoms with Crippen LogP contribution in [0.1, 0.15) is 12.8 Å². The zero-order valence-electron chi connectivity index (χ0n) is 9.87. The number of aromatic nitrogens is 3. The van der Waals surface area contributed by atoms with Crippen LogP contribution < -0.4 is 5.32 Å². The molecule has 96 valence electrons. The van der Waals surface area contributed by atoms with E-state index in [1.54, 1.807) is 28.8 Å². The maximum atomic E-state index is 11.4. The highest BCUT2D eigenvalue weighted by Gasteiger charge is 2.13. The van der Waals surface area contributed by atoms with Gasteiger partial charge in [-0.2, -0.15) is 11.8 Å². The van der Waals surface area contributed by atoms with Crippen LogP contribution in [0.3, 0.4) is 0 Å². The average Bonchev–Trinajstić information content (AvgIpc) is 2.84. The van der Waals surface area contributed by atoms with E-state index in [4.69, 9.17) is 0 Å². The SMILES string of the molecule is CSCC[C@@H](O)C(=O)NCCCn1ccnn1. The maximum Gasteiger partial charge on any atom is 0.248 e. The Morgan fingerprint density at radius 1 is 1.65 bits per heavy atom. The highest BCUT2D eigenvalue weighted by Crippen LogP contribution is 2.00. The van der Waals surface area contributed by atoms with Gasteiger partial charge < -0.3 is 10.4 Å². The molecule has 1 aromatic heterocycles. The van der Waals surface area contributed by atoms with Crippen LogP contribution >= 0.6 is 11.8 Å². The standard InChI is InChI=1S/C10H18N4O2S/c1-17-8-3-9(15)10(16)11-4-2-6-14-7-5-12-13-14/h5,7,9,15H,2-4,6,8H2,1H3,(H,11,16)/t9-/m1/s1. The first-order chi connectivity index (χ1) is 8.24. The molecule has 0 aromatic carbocycles. The Labute approximate surface area is 105 Å². The number of aliphatic hydroxyl groups excluding tert-OH is 1. The van der Waals surface area contributed by atoms with Crippen molar-refractivity contribution in [2.24, 2.45) is 0 Å². The predicted octanol–water partition coefficient (Wildman–Crippen LogP) is -0.102. The molecular weight excluding hydrogens is 240 g/mol. The fraction of sp³-hybridized carbons (Fsp3) is 0.700. The lowest BCUT2D eigenvalue weighted by Crippen LogP contribution is -2.35. The van der Waals surface area contributed by atoms with Crippen molar-refractivity contribution in [3.63, 3.8) is 0 Å². The van der Waals surface area contributed by atoms with Crippen molar-refractivity contribution in [3.8, 4) is 0 Å². The number of thioether (sulfide) groups is 1. The minimum Gasteiger partial charge on any atom is -0.383 e. The number of carbonyl (C=O) groups excluding carboxylic acids is 1. The number of nitrogens with zero attached hydrogens (tertiary/aromatic N) is 3. The third-order valence-electron chi connectivity index (χ3n) is 2.23. The Kier molecular flexibility index (Phi) is 6.64. The molecule has 0 saturated carbocycles. The first kappa shape index (κ1) is 14.0. The average molecular weight is 258 g/mol. The second-order valence-electron chi connectivity index (χ2n) is 3.61. The lowest BCUT2D eigenvalue weighted by Gasteiger charge is -2.10. The molecule has 0 aliphatic rings. The summed E-state index contributed by atoms with van der Waals surface area (Å²) in [5.41, 5.74) is 0. The monoisotopic (exact) mass is 258 g/mol. The van der Waals surface area contributed by atoms with Crippen LogP contribution in [0.4, 0.5) is 0 Å². The molecule has 2 N–H and O–H groups in total. The molecule has 7 heteroatoms. The molecule has 0 spiro atoms. The lowest BCUT2D eigenvalue weighted by atomic mass is 10.2. The summed E-state index contributed by atoms with van der Waals surface area (Å²) < 4.78 is 1.70. The first-order valence-corrected chi connectivity index (χ1v) is 6.92. The molecule has 1 rings (SSSR count). The van der Waals surface area contributed by atoms with Gasteiger partial charge in [0.25, 0.3) is 0 Å². The first-order valence-electron chi connectivity index (χ1n) is 5.53. The molecule has 0 radical (unpaired) electrons. The van der Waals surface area contributed by atoms with Crippen LogP contribution in [0.25, 0.3) is 0 Å². The van der Waals surface area contributed by atoms with Crippen LogP contribution in [-0.4, -0.2) is 50.7 Å². The van der Waals surface area contributed by atoms with Crippen molar-refractivity contribution in [3.05, 3.63) is 12.4 Å². The quantitative estimate of drug-likeness (QED) is 0.636. The Bertz CT molecular complexity index is 318. The van der Waals surface area contributed by atoms with E-state index in [-0.39, 0.29) is 5.91 Å². The van der Waals surface area contributed by atoms with Crippen molar-refractivity contribution < 1.29 is 9.90 Å². The van der Waals surface area contributed by atoms with Crippen LogP contribution in [0.15, 0.2) is 12.4 Å². The molecule has 1 heterocycles. The summed E-state index contributed by atoms with van der Waals surface area (Å²) in [5, 5.41) is 19.7. The molecule has 0 fully saturated rings. The highest BCUT2D eigenvalue weighted by molar-refractivity contribution is 7.98. The molecule has 17 heavy (non-hydrogen) atoms. The lowest BCUT2D eigenvalue weighted by molar-refractivity contribution is -0.129. The van der Waals surface area contributed by atoms with Gasteiger partial charge in [-0.3, -0.25) is 9.48 Å².